The van der Waals surface area contributed by atoms with Gasteiger partial charge in [0, 0.05) is 72.0 Å². The molecular weight excluding hydrogens is 918 g/mol. The maximum atomic E-state index is 11.7. The molecule has 0 aliphatic rings. The molecule has 3 heterocycles. The van der Waals surface area contributed by atoms with E-state index in [0.717, 1.165) is 83.2 Å². The Morgan fingerprint density at radius 2 is 1.30 bits per heavy atom. The second kappa shape index (κ2) is 14.8. The van der Waals surface area contributed by atoms with Gasteiger partial charge in [0.1, 0.15) is 16.9 Å². The van der Waals surface area contributed by atoms with E-state index in [0.29, 0.717) is 11.1 Å². The fraction of sp³-hybridized carbons (Fsp3) is 0.148. The van der Waals surface area contributed by atoms with Crippen molar-refractivity contribution in [3.63, 3.8) is 0 Å². The van der Waals surface area contributed by atoms with Crippen LogP contribution in [0.5, 0.6) is 5.75 Å². The van der Waals surface area contributed by atoms with Crippen LogP contribution in [0.25, 0.3) is 94.3 Å². The summed E-state index contributed by atoms with van der Waals surface area (Å²) in [5, 5.41) is 14.7. The summed E-state index contributed by atoms with van der Waals surface area (Å²) in [6.45, 7) is 13.5. The summed E-state index contributed by atoms with van der Waals surface area (Å²) in [7, 11) is 0. The molecule has 0 unspecified atom stereocenters. The third kappa shape index (κ3) is 6.72. The van der Waals surface area contributed by atoms with E-state index >= 15 is 0 Å². The molecule has 0 atom stereocenters. The first-order valence-electron chi connectivity index (χ1n) is 20.2. The van der Waals surface area contributed by atoms with Crippen LogP contribution in [0, 0.1) is 6.07 Å². The van der Waals surface area contributed by atoms with Crippen LogP contribution in [-0.2, 0) is 31.9 Å². The average molecular weight is 962 g/mol. The summed E-state index contributed by atoms with van der Waals surface area (Å²) in [5.41, 5.74) is 13.9. The van der Waals surface area contributed by atoms with Gasteiger partial charge in [-0.2, -0.15) is 0 Å². The van der Waals surface area contributed by atoms with E-state index in [9.17, 15) is 5.11 Å². The number of pyridine rings is 1. The maximum Gasteiger partial charge on any atom is 0.139 e. The van der Waals surface area contributed by atoms with E-state index < -0.39 is 0 Å². The number of fused-ring (bicyclic) bond motifs is 5. The Morgan fingerprint density at radius 1 is 0.567 bits per heavy atom. The molecule has 6 heteroatoms. The number of phenolic OH excluding ortho intramolecular Hbond substituents is 1. The molecule has 3 aromatic heterocycles. The molecule has 10 rings (SSSR count). The number of hydrogen-bond donors (Lipinski definition) is 1. The van der Waals surface area contributed by atoms with E-state index in [2.05, 4.69) is 155 Å². The molecule has 0 saturated heterocycles. The van der Waals surface area contributed by atoms with Gasteiger partial charge in [-0.25, -0.2) is 0 Å². The van der Waals surface area contributed by atoms with Crippen molar-refractivity contribution in [2.45, 2.75) is 52.4 Å². The van der Waals surface area contributed by atoms with Crippen LogP contribution in [-0.4, -0.2) is 19.6 Å². The van der Waals surface area contributed by atoms with Crippen molar-refractivity contribution >= 4 is 43.9 Å². The topological polar surface area (TPSA) is 64.1 Å². The molecule has 0 saturated carbocycles. The second-order valence-electron chi connectivity index (χ2n) is 17.6. The molecule has 10 aromatic rings. The number of aromatic nitrogens is 3. The molecular formula is C54H44N3O2Pt-. The average Bonchev–Trinajstić information content (AvgIpc) is 3.81. The summed E-state index contributed by atoms with van der Waals surface area (Å²) in [6, 6.07) is 54.1. The molecule has 0 radical (unpaired) electrons. The number of aromatic hydroxyl groups is 1. The van der Waals surface area contributed by atoms with Crippen molar-refractivity contribution in [1.29, 1.82) is 0 Å². The number of nitrogens with zero attached hydrogens (tertiary/aromatic N) is 3. The minimum absolute atomic E-state index is 0. The minimum Gasteiger partial charge on any atom is -0.507 e. The Kier molecular flexibility index (Phi) is 9.64. The second-order valence-corrected chi connectivity index (χ2v) is 17.6. The monoisotopic (exact) mass is 961 g/mol. The first-order chi connectivity index (χ1) is 28.4. The van der Waals surface area contributed by atoms with Crippen molar-refractivity contribution in [2.24, 2.45) is 0 Å². The smallest absolute Gasteiger partial charge is 0.139 e. The number of benzene rings is 7. The van der Waals surface area contributed by atoms with Crippen molar-refractivity contribution in [3.8, 4) is 56.2 Å². The van der Waals surface area contributed by atoms with Gasteiger partial charge in [-0.15, -0.1) is 29.8 Å². The largest absolute Gasteiger partial charge is 0.507 e. The van der Waals surface area contributed by atoms with Gasteiger partial charge in [-0.3, -0.25) is 9.97 Å². The van der Waals surface area contributed by atoms with Crippen LogP contribution in [0.2, 0.25) is 0 Å². The van der Waals surface area contributed by atoms with Gasteiger partial charge < -0.3 is 14.1 Å². The van der Waals surface area contributed by atoms with Crippen LogP contribution in [0.1, 0.15) is 52.7 Å². The SMILES string of the molecule is CC(C)(C)c1ccc(-n2c(-c3[c-]c(-c4cc(C(C)(C)C)cc5cccnc45)ccc3)nc3c(-c4cc5c(cc4O)oc4ccccc45)cccc32)c(-c2ccccc2)c1.[Pt]. The zero-order valence-corrected chi connectivity index (χ0v) is 36.7. The van der Waals surface area contributed by atoms with Gasteiger partial charge in [-0.1, -0.05) is 138 Å². The number of imidazole rings is 1. The fourth-order valence-corrected chi connectivity index (χ4v) is 8.35. The number of phenols is 1. The van der Waals surface area contributed by atoms with Gasteiger partial charge in [0.05, 0.1) is 16.9 Å². The van der Waals surface area contributed by atoms with Gasteiger partial charge >= 0.3 is 0 Å². The standard InChI is InChI=1S/C54H44N3O2.Pt/c1-53(2,3)37-24-25-45(41(29-37)33-15-8-7-9-16-33)57-46-22-13-21-40(43-31-44-39-20-10-11-23-48(39)59-49(44)32-47(43)58)51(46)56-52(57)36-18-12-17-34(27-36)42-30-38(54(4,5)6)28-35-19-14-26-55-50(35)42;/h7-26,28-32,58H,1-6H3;/q-1;. The van der Waals surface area contributed by atoms with Crippen molar-refractivity contribution in [3.05, 3.63) is 169 Å². The third-order valence-electron chi connectivity index (χ3n) is 11.6. The normalized spacial score (nSPS) is 12.1. The molecule has 0 bridgehead atoms. The van der Waals surface area contributed by atoms with Gasteiger partial charge in [0.25, 0.3) is 0 Å². The molecule has 60 heavy (non-hydrogen) atoms. The first kappa shape index (κ1) is 39.2. The summed E-state index contributed by atoms with van der Waals surface area (Å²) < 4.78 is 8.42. The number of para-hydroxylation sites is 2. The zero-order valence-electron chi connectivity index (χ0n) is 34.4. The Hall–Kier alpha value is -6.29. The Balaban J connectivity index is 0.00000462. The maximum absolute atomic E-state index is 11.7. The molecule has 0 aliphatic carbocycles. The molecule has 0 amide bonds. The van der Waals surface area contributed by atoms with Gasteiger partial charge in [0.2, 0.25) is 0 Å². The van der Waals surface area contributed by atoms with Crippen molar-refractivity contribution < 1.29 is 30.6 Å². The first-order valence-corrected chi connectivity index (χ1v) is 20.2. The molecule has 5 nitrogen and oxygen atoms in total. The Bertz CT molecular complexity index is 3250. The van der Waals surface area contributed by atoms with Crippen molar-refractivity contribution in [1.82, 2.24) is 14.5 Å². The fourth-order valence-electron chi connectivity index (χ4n) is 8.35. The predicted octanol–water partition coefficient (Wildman–Crippen LogP) is 14.2. The molecule has 0 aliphatic heterocycles. The number of furan rings is 1. The van der Waals surface area contributed by atoms with Crippen LogP contribution < -0.4 is 0 Å². The van der Waals surface area contributed by atoms with Gasteiger partial charge in [0.15, 0.2) is 0 Å². The minimum atomic E-state index is -0.0665. The van der Waals surface area contributed by atoms with E-state index in [-0.39, 0.29) is 37.6 Å². The quantitative estimate of drug-likeness (QED) is 0.175. The Labute approximate surface area is 364 Å². The molecule has 298 valence electrons. The summed E-state index contributed by atoms with van der Waals surface area (Å²) in [5.74, 6) is 0.875. The van der Waals surface area contributed by atoms with Crippen molar-refractivity contribution in [2.75, 3.05) is 0 Å². The summed E-state index contributed by atoms with van der Waals surface area (Å²) >= 11 is 0. The van der Waals surface area contributed by atoms with Gasteiger partial charge in [-0.05, 0) is 69.3 Å². The van der Waals surface area contributed by atoms with Crippen LogP contribution in [0.4, 0.5) is 0 Å². The van der Waals surface area contributed by atoms with Crippen LogP contribution >= 0.6 is 0 Å². The molecule has 0 fully saturated rings. The molecule has 0 spiro atoms. The summed E-state index contributed by atoms with van der Waals surface area (Å²) in [4.78, 5) is 10.4. The van der Waals surface area contributed by atoms with Crippen LogP contribution in [0.3, 0.4) is 0 Å². The number of hydrogen-bond acceptors (Lipinski definition) is 4. The predicted molar refractivity (Wildman–Crippen MR) is 243 cm³/mol. The number of rotatable bonds is 5. The van der Waals surface area contributed by atoms with E-state index in [1.807, 2.05) is 42.6 Å². The van der Waals surface area contributed by atoms with E-state index in [4.69, 9.17) is 14.4 Å². The summed E-state index contributed by atoms with van der Waals surface area (Å²) in [6.07, 6.45) is 1.86. The van der Waals surface area contributed by atoms with Crippen LogP contribution in [0.15, 0.2) is 156 Å². The third-order valence-corrected chi connectivity index (χ3v) is 11.6. The Morgan fingerprint density at radius 3 is 2.10 bits per heavy atom. The van der Waals surface area contributed by atoms with E-state index in [1.54, 1.807) is 6.07 Å². The van der Waals surface area contributed by atoms with E-state index in [1.165, 1.54) is 11.1 Å². The molecule has 1 N–H and O–H groups in total. The molecule has 7 aromatic carbocycles. The zero-order chi connectivity index (χ0) is 40.6.